The van der Waals surface area contributed by atoms with Gasteiger partial charge in [-0.15, -0.1) is 0 Å². The van der Waals surface area contributed by atoms with Gasteiger partial charge in [-0.05, 0) is 36.5 Å². The van der Waals surface area contributed by atoms with Crippen LogP contribution in [0.1, 0.15) is 48.5 Å². The number of esters is 1. The van der Waals surface area contributed by atoms with E-state index in [0.29, 0.717) is 11.4 Å². The Kier molecular flexibility index (Phi) is 6.66. The van der Waals surface area contributed by atoms with Crippen molar-refractivity contribution in [1.29, 1.82) is 0 Å². The minimum Gasteiger partial charge on any atom is -0.452 e. The van der Waals surface area contributed by atoms with Gasteiger partial charge in [-0.25, -0.2) is 4.79 Å². The van der Waals surface area contributed by atoms with Gasteiger partial charge in [0.2, 0.25) is 0 Å². The molecule has 0 saturated carbocycles. The normalized spacial score (nSPS) is 13.4. The molecule has 8 nitrogen and oxygen atoms in total. The molecule has 30 heavy (non-hydrogen) atoms. The summed E-state index contributed by atoms with van der Waals surface area (Å²) in [5.74, 6) is -1.01. The van der Waals surface area contributed by atoms with Crippen molar-refractivity contribution < 1.29 is 19.2 Å². The predicted molar refractivity (Wildman–Crippen MR) is 114 cm³/mol. The minimum atomic E-state index is -0.757. The molecule has 0 atom stereocenters. The molecule has 8 heteroatoms. The van der Waals surface area contributed by atoms with E-state index >= 15 is 0 Å². The molecule has 0 spiro atoms. The lowest BCUT2D eigenvalue weighted by molar-refractivity contribution is -0.384. The summed E-state index contributed by atoms with van der Waals surface area (Å²) in [6.07, 6.45) is 1.98. The molecule has 158 valence electrons. The van der Waals surface area contributed by atoms with Crippen LogP contribution >= 0.6 is 0 Å². The van der Waals surface area contributed by atoms with Gasteiger partial charge < -0.3 is 15.0 Å². The number of nitro benzene ring substituents is 1. The molecular formula is C22H25N3O5. The molecule has 3 rings (SSSR count). The zero-order valence-electron chi connectivity index (χ0n) is 17.1. The fourth-order valence-electron chi connectivity index (χ4n) is 3.54. The molecule has 0 bridgehead atoms. The number of nitrogens with zero attached hydrogens (tertiary/aromatic N) is 2. The largest absolute Gasteiger partial charge is 0.452 e. The van der Waals surface area contributed by atoms with Crippen LogP contribution in [0.3, 0.4) is 0 Å². The van der Waals surface area contributed by atoms with Gasteiger partial charge in [0.25, 0.3) is 11.6 Å². The molecule has 1 amide bonds. The number of non-ortho nitro benzene ring substituents is 1. The minimum absolute atomic E-state index is 0.0986. The average molecular weight is 411 g/mol. The molecule has 0 aromatic heterocycles. The summed E-state index contributed by atoms with van der Waals surface area (Å²) in [6.45, 7) is 5.10. The highest BCUT2D eigenvalue weighted by atomic mass is 16.6. The Morgan fingerprint density at radius 2 is 1.87 bits per heavy atom. The van der Waals surface area contributed by atoms with Crippen molar-refractivity contribution in [3.05, 3.63) is 63.7 Å². The monoisotopic (exact) mass is 411 g/mol. The summed E-state index contributed by atoms with van der Waals surface area (Å²) in [4.78, 5) is 37.6. The summed E-state index contributed by atoms with van der Waals surface area (Å²) in [7, 11) is 0. The fraction of sp³-hybridized carbons (Fsp3) is 0.364. The Labute approximate surface area is 175 Å². The smallest absolute Gasteiger partial charge is 0.341 e. The molecule has 1 N–H and O–H groups in total. The second kappa shape index (κ2) is 9.39. The van der Waals surface area contributed by atoms with E-state index in [1.165, 1.54) is 12.1 Å². The molecule has 1 aliphatic rings. The van der Waals surface area contributed by atoms with Crippen LogP contribution in [0.15, 0.2) is 42.5 Å². The van der Waals surface area contributed by atoms with E-state index in [2.05, 4.69) is 5.32 Å². The van der Waals surface area contributed by atoms with Crippen molar-refractivity contribution in [3.8, 4) is 0 Å². The van der Waals surface area contributed by atoms with Gasteiger partial charge in [0.15, 0.2) is 6.61 Å². The lowest BCUT2D eigenvalue weighted by Gasteiger charge is -2.20. The number of anilines is 2. The SMILES string of the molecule is CC(C)c1ccccc1NC(=O)COC(=O)c1cc([N+](=O)[O-])ccc1N1CCCC1. The zero-order valence-corrected chi connectivity index (χ0v) is 17.1. The van der Waals surface area contributed by atoms with Crippen LogP contribution in [0.5, 0.6) is 0 Å². The summed E-state index contributed by atoms with van der Waals surface area (Å²) in [5, 5.41) is 13.9. The van der Waals surface area contributed by atoms with E-state index in [1.54, 1.807) is 12.1 Å². The number of para-hydroxylation sites is 1. The van der Waals surface area contributed by atoms with Crippen molar-refractivity contribution in [2.75, 3.05) is 29.9 Å². The van der Waals surface area contributed by atoms with Crippen molar-refractivity contribution in [3.63, 3.8) is 0 Å². The van der Waals surface area contributed by atoms with Crippen LogP contribution in [0.25, 0.3) is 0 Å². The zero-order chi connectivity index (χ0) is 21.7. The second-order valence-electron chi connectivity index (χ2n) is 7.52. The third-order valence-electron chi connectivity index (χ3n) is 5.05. The second-order valence-corrected chi connectivity index (χ2v) is 7.52. The van der Waals surface area contributed by atoms with Gasteiger partial charge in [-0.2, -0.15) is 0 Å². The molecule has 1 heterocycles. The average Bonchev–Trinajstić information content (AvgIpc) is 3.26. The van der Waals surface area contributed by atoms with Gasteiger partial charge >= 0.3 is 5.97 Å². The standard InChI is InChI=1S/C22H25N3O5/c1-15(2)17-7-3-4-8-19(17)23-21(26)14-30-22(27)18-13-16(25(28)29)9-10-20(18)24-11-5-6-12-24/h3-4,7-10,13,15H,5-6,11-12,14H2,1-2H3,(H,23,26). The van der Waals surface area contributed by atoms with E-state index < -0.39 is 23.4 Å². The first-order chi connectivity index (χ1) is 14.4. The third kappa shape index (κ3) is 4.94. The Morgan fingerprint density at radius 3 is 2.53 bits per heavy atom. The number of carbonyl (C=O) groups is 2. The highest BCUT2D eigenvalue weighted by molar-refractivity contribution is 5.99. The molecule has 2 aromatic rings. The van der Waals surface area contributed by atoms with Crippen LogP contribution in [0, 0.1) is 10.1 Å². The van der Waals surface area contributed by atoms with Gasteiger partial charge in [0, 0.05) is 30.9 Å². The Hall–Kier alpha value is -3.42. The highest BCUT2D eigenvalue weighted by Crippen LogP contribution is 2.29. The summed E-state index contributed by atoms with van der Waals surface area (Å²) < 4.78 is 5.20. The topological polar surface area (TPSA) is 102 Å². The van der Waals surface area contributed by atoms with Crippen LogP contribution in [0.2, 0.25) is 0 Å². The third-order valence-corrected chi connectivity index (χ3v) is 5.05. The van der Waals surface area contributed by atoms with Crippen LogP contribution < -0.4 is 10.2 Å². The molecule has 0 radical (unpaired) electrons. The molecule has 2 aromatic carbocycles. The van der Waals surface area contributed by atoms with Crippen molar-refractivity contribution in [2.24, 2.45) is 0 Å². The lowest BCUT2D eigenvalue weighted by atomic mass is 10.0. The quantitative estimate of drug-likeness (QED) is 0.418. The number of ether oxygens (including phenoxy) is 1. The molecule has 1 fully saturated rings. The summed E-state index contributed by atoms with van der Waals surface area (Å²) in [6, 6.07) is 11.6. The number of benzene rings is 2. The number of nitrogens with one attached hydrogen (secondary N) is 1. The Bertz CT molecular complexity index is 952. The maximum atomic E-state index is 12.7. The number of amides is 1. The number of hydrogen-bond acceptors (Lipinski definition) is 6. The fourth-order valence-corrected chi connectivity index (χ4v) is 3.54. The molecule has 1 aliphatic heterocycles. The van der Waals surface area contributed by atoms with Crippen molar-refractivity contribution in [1.82, 2.24) is 0 Å². The molecule has 0 unspecified atom stereocenters. The van der Waals surface area contributed by atoms with E-state index in [0.717, 1.165) is 31.5 Å². The highest BCUT2D eigenvalue weighted by Gasteiger charge is 2.24. The van der Waals surface area contributed by atoms with Crippen LogP contribution in [-0.2, 0) is 9.53 Å². The van der Waals surface area contributed by atoms with Crippen molar-refractivity contribution in [2.45, 2.75) is 32.6 Å². The van der Waals surface area contributed by atoms with E-state index in [4.69, 9.17) is 4.74 Å². The summed E-state index contributed by atoms with van der Waals surface area (Å²) in [5.41, 5.74) is 2.14. The van der Waals surface area contributed by atoms with Crippen LogP contribution in [0.4, 0.5) is 17.1 Å². The predicted octanol–water partition coefficient (Wildman–Crippen LogP) is 4.11. The number of rotatable bonds is 7. The molecule has 1 saturated heterocycles. The first-order valence-corrected chi connectivity index (χ1v) is 9.96. The first-order valence-electron chi connectivity index (χ1n) is 9.96. The number of nitro groups is 1. The lowest BCUT2D eigenvalue weighted by Crippen LogP contribution is -2.24. The Balaban J connectivity index is 1.72. The molecular weight excluding hydrogens is 386 g/mol. The van der Waals surface area contributed by atoms with E-state index in [9.17, 15) is 19.7 Å². The van der Waals surface area contributed by atoms with E-state index in [-0.39, 0.29) is 17.2 Å². The first kappa shape index (κ1) is 21.3. The number of hydrogen-bond donors (Lipinski definition) is 1. The Morgan fingerprint density at radius 1 is 1.17 bits per heavy atom. The summed E-state index contributed by atoms with van der Waals surface area (Å²) >= 11 is 0. The number of carbonyl (C=O) groups excluding carboxylic acids is 2. The van der Waals surface area contributed by atoms with Crippen molar-refractivity contribution >= 4 is 28.9 Å². The maximum absolute atomic E-state index is 12.7. The van der Waals surface area contributed by atoms with Crippen LogP contribution in [-0.4, -0.2) is 36.5 Å². The maximum Gasteiger partial charge on any atom is 0.341 e. The molecule has 0 aliphatic carbocycles. The van der Waals surface area contributed by atoms with Gasteiger partial charge in [-0.1, -0.05) is 32.0 Å². The van der Waals surface area contributed by atoms with Gasteiger partial charge in [0.1, 0.15) is 0 Å². The van der Waals surface area contributed by atoms with E-state index in [1.807, 2.05) is 36.9 Å². The van der Waals surface area contributed by atoms with Gasteiger partial charge in [-0.3, -0.25) is 14.9 Å². The van der Waals surface area contributed by atoms with Gasteiger partial charge in [0.05, 0.1) is 16.2 Å².